The number of hydrogen-bond donors (Lipinski definition) is 14. The Morgan fingerprint density at radius 1 is 0.202 bits per heavy atom. The number of hydrogen-bond acceptors (Lipinski definition) is 22. The van der Waals surface area contributed by atoms with Gasteiger partial charge in [0.05, 0.1) is 24.2 Å². The molecule has 0 spiro atoms. The zero-order chi connectivity index (χ0) is 84.0. The van der Waals surface area contributed by atoms with Crippen molar-refractivity contribution < 1.29 is 105 Å². The van der Waals surface area contributed by atoms with Gasteiger partial charge in [-0.15, -0.1) is 0 Å². The molecule has 0 aliphatic heterocycles. The third kappa shape index (κ3) is 61.6. The predicted octanol–water partition coefficient (Wildman–Crippen LogP) is 7.16. The Kier molecular flexibility index (Phi) is 43.2. The number of alkyl carbamates (subject to hydrolysis) is 8. The lowest BCUT2D eigenvalue weighted by molar-refractivity contribution is -0.124. The molecule has 628 valence electrons. The van der Waals surface area contributed by atoms with Crippen LogP contribution in [-0.4, -0.2) is 218 Å². The van der Waals surface area contributed by atoms with Gasteiger partial charge in [-0.3, -0.25) is 28.8 Å². The molecule has 0 rings (SSSR count). The highest BCUT2D eigenvalue weighted by Gasteiger charge is 2.30. The maximum Gasteiger partial charge on any atom is 0.407 e. The Balaban J connectivity index is 6.54. The SMILES string of the molecule is CC(C)(C)OC(=O)NC[C@H](CCC(=O)NC[C@H](CCC(=O)NCCCNC(=O)CC[C@@H](CNC(=O)CC[C@@H](CNC(=O)OC(C)(C)C)NC(=O)OC(C)(C)C)NC(=O)CC[C@@H](CNC(=O)OC(C)(C)C)NC(=O)OC(C)(C)C)NC(=O)CC[C@@H](CNC(=O)OC(C)(C)C)NC(=O)OC(C)(C)C)NC(=O)OC(C)(C)C. The quantitative estimate of drug-likeness (QED) is 0.0213. The molecule has 0 heterocycles. The molecule has 0 unspecified atom stereocenters. The summed E-state index contributed by atoms with van der Waals surface area (Å²) >= 11 is 0. The van der Waals surface area contributed by atoms with E-state index in [1.807, 2.05) is 0 Å². The van der Waals surface area contributed by atoms with Gasteiger partial charge in [0, 0.05) is 103 Å². The normalized spacial score (nSPS) is 13.7. The monoisotopic (exact) mass is 1560 g/mol. The van der Waals surface area contributed by atoms with Crippen LogP contribution in [0, 0.1) is 0 Å². The first-order valence-electron chi connectivity index (χ1n) is 37.2. The van der Waals surface area contributed by atoms with Gasteiger partial charge in [-0.05, 0) is 211 Å². The van der Waals surface area contributed by atoms with Gasteiger partial charge < -0.3 is 112 Å². The highest BCUT2D eigenvalue weighted by Crippen LogP contribution is 2.16. The van der Waals surface area contributed by atoms with Crippen molar-refractivity contribution in [2.45, 2.75) is 331 Å². The van der Waals surface area contributed by atoms with Crippen LogP contribution in [0.25, 0.3) is 0 Å². The van der Waals surface area contributed by atoms with Crippen molar-refractivity contribution in [2.24, 2.45) is 0 Å². The Hall–Kier alpha value is -9.02. The average molecular weight is 1560 g/mol. The van der Waals surface area contributed by atoms with Crippen LogP contribution in [0.2, 0.25) is 0 Å². The molecule has 0 aromatic carbocycles. The van der Waals surface area contributed by atoms with Crippen molar-refractivity contribution >= 4 is 84.2 Å². The van der Waals surface area contributed by atoms with Crippen LogP contribution in [0.15, 0.2) is 0 Å². The molecule has 0 aliphatic carbocycles. The van der Waals surface area contributed by atoms with Gasteiger partial charge in [0.25, 0.3) is 0 Å². The van der Waals surface area contributed by atoms with E-state index in [1.165, 1.54) is 0 Å². The number of nitrogens with one attached hydrogen (secondary N) is 14. The molecule has 109 heavy (non-hydrogen) atoms. The minimum Gasteiger partial charge on any atom is -0.444 e. The molecule has 14 N–H and O–H groups in total. The van der Waals surface area contributed by atoms with Crippen molar-refractivity contribution in [1.29, 1.82) is 0 Å². The second-order valence-electron chi connectivity index (χ2n) is 34.3. The number of rotatable bonds is 40. The molecule has 0 saturated carbocycles. The second-order valence-corrected chi connectivity index (χ2v) is 34.3. The van der Waals surface area contributed by atoms with Crippen molar-refractivity contribution in [2.75, 3.05) is 52.4 Å². The largest absolute Gasteiger partial charge is 0.444 e. The van der Waals surface area contributed by atoms with E-state index >= 15 is 0 Å². The van der Waals surface area contributed by atoms with E-state index in [4.69, 9.17) is 37.9 Å². The molecule has 0 aromatic heterocycles. The molecule has 0 fully saturated rings. The first-order chi connectivity index (χ1) is 49.7. The molecule has 36 heteroatoms. The van der Waals surface area contributed by atoms with E-state index in [9.17, 15) is 67.1 Å². The Morgan fingerprint density at radius 3 is 0.550 bits per heavy atom. The zero-order valence-corrected chi connectivity index (χ0v) is 69.3. The predicted molar refractivity (Wildman–Crippen MR) is 405 cm³/mol. The van der Waals surface area contributed by atoms with Gasteiger partial charge in [0.1, 0.15) is 44.8 Å². The lowest BCUT2D eigenvalue weighted by atomic mass is 10.1. The lowest BCUT2D eigenvalue weighted by Crippen LogP contribution is -2.48. The smallest absolute Gasteiger partial charge is 0.407 e. The average Bonchev–Trinajstić information content (AvgIpc) is 0.916. The van der Waals surface area contributed by atoms with E-state index in [0.29, 0.717) is 0 Å². The van der Waals surface area contributed by atoms with Crippen LogP contribution in [0.1, 0.15) is 250 Å². The molecular formula is C73H134N14O22. The van der Waals surface area contributed by atoms with Gasteiger partial charge in [-0.1, -0.05) is 0 Å². The van der Waals surface area contributed by atoms with Gasteiger partial charge in [0.15, 0.2) is 0 Å². The Morgan fingerprint density at radius 2 is 0.358 bits per heavy atom. The van der Waals surface area contributed by atoms with E-state index in [0.717, 1.165) is 0 Å². The van der Waals surface area contributed by atoms with Crippen LogP contribution in [0.5, 0.6) is 0 Å². The molecule has 36 nitrogen and oxygen atoms in total. The van der Waals surface area contributed by atoms with Gasteiger partial charge in [-0.2, -0.15) is 0 Å². The summed E-state index contributed by atoms with van der Waals surface area (Å²) in [6.45, 7) is 39.5. The molecule has 0 aromatic rings. The highest BCUT2D eigenvalue weighted by atomic mass is 16.6. The Labute approximate surface area is 644 Å². The first-order valence-corrected chi connectivity index (χ1v) is 37.2. The van der Waals surface area contributed by atoms with Crippen LogP contribution in [0.3, 0.4) is 0 Å². The summed E-state index contributed by atoms with van der Waals surface area (Å²) in [6, 6.07) is -4.95. The molecule has 14 amide bonds. The minimum absolute atomic E-state index is 0.00316. The summed E-state index contributed by atoms with van der Waals surface area (Å²) in [5.41, 5.74) is -6.77. The third-order valence-electron chi connectivity index (χ3n) is 13.6. The molecule has 0 saturated heterocycles. The van der Waals surface area contributed by atoms with Crippen LogP contribution >= 0.6 is 0 Å². The van der Waals surface area contributed by atoms with Crippen molar-refractivity contribution in [3.63, 3.8) is 0 Å². The Bertz CT molecular complexity index is 2740. The molecular weight excluding hydrogens is 1420 g/mol. The number of carbonyl (C=O) groups excluding carboxylic acids is 14. The van der Waals surface area contributed by atoms with Crippen molar-refractivity contribution in [3.8, 4) is 0 Å². The number of carbonyl (C=O) groups is 14. The van der Waals surface area contributed by atoms with Gasteiger partial charge in [0.2, 0.25) is 35.4 Å². The standard InChI is InChI=1S/C73H134N14O22/c1-66(2,3)102-58(94)78-42-48(84-62(98)106-70(13,14)15)28-34-54(90)76-40-46(82-56(92)36-30-50(86-64(100)108-72(19,20)21)44-80-60(96)104-68(7,8)9)26-32-52(88)74-38-25-39-75-53(89)33-27-47(83-57(93)37-31-51(87-65(101)109-73(22,23)24)45-81-61(97)105-69(10,11)12)41-77-55(91)35-29-49(85-63(99)107-71(16,17)18)43-79-59(95)103-67(4,5)6/h46-51H,25-45H2,1-24H3,(H,74,88)(H,75,89)(H,76,90)(H,77,91)(H,78,94)(H,79,95)(H,80,96)(H,81,97)(H,82,92)(H,83,93)(H,84,98)(H,85,99)(H,86,100)(H,87,101)/t46-,47-,48-,49-,50-,51-/m0/s1. The summed E-state index contributed by atoms with van der Waals surface area (Å²) in [6.07, 6.45) is -7.03. The van der Waals surface area contributed by atoms with Crippen molar-refractivity contribution in [3.05, 3.63) is 0 Å². The fourth-order valence-electron chi connectivity index (χ4n) is 9.13. The summed E-state index contributed by atoms with van der Waals surface area (Å²) in [5, 5.41) is 37.9. The zero-order valence-electron chi connectivity index (χ0n) is 69.3. The van der Waals surface area contributed by atoms with E-state index in [1.54, 1.807) is 166 Å². The minimum atomic E-state index is -0.874. The summed E-state index contributed by atoms with van der Waals surface area (Å²) in [5.74, 6) is -2.99. The topological polar surface area (TPSA) is 481 Å². The molecule has 0 radical (unpaired) electrons. The van der Waals surface area contributed by atoms with Gasteiger partial charge >= 0.3 is 48.7 Å². The lowest BCUT2D eigenvalue weighted by Gasteiger charge is -2.25. The maximum absolute atomic E-state index is 13.7. The van der Waals surface area contributed by atoms with Gasteiger partial charge in [-0.25, -0.2) is 38.4 Å². The molecule has 6 atom stereocenters. The number of amides is 14. The van der Waals surface area contributed by atoms with Crippen LogP contribution < -0.4 is 74.4 Å². The first kappa shape index (κ1) is 100.0. The summed E-state index contributed by atoms with van der Waals surface area (Å²) in [7, 11) is 0. The summed E-state index contributed by atoms with van der Waals surface area (Å²) in [4.78, 5) is 183. The fourth-order valence-corrected chi connectivity index (χ4v) is 9.13. The second kappa shape index (κ2) is 47.1. The molecule has 0 bridgehead atoms. The van der Waals surface area contributed by atoms with Crippen LogP contribution in [0.4, 0.5) is 38.4 Å². The number of ether oxygens (including phenoxy) is 8. The third-order valence-corrected chi connectivity index (χ3v) is 13.6. The van der Waals surface area contributed by atoms with E-state index in [2.05, 4.69) is 74.4 Å². The highest BCUT2D eigenvalue weighted by molar-refractivity contribution is 5.81. The fraction of sp³-hybridized carbons (Fsp3) is 0.808. The summed E-state index contributed by atoms with van der Waals surface area (Å²) < 4.78 is 43.0. The maximum atomic E-state index is 13.7. The van der Waals surface area contributed by atoms with Crippen molar-refractivity contribution in [1.82, 2.24) is 74.4 Å². The molecule has 0 aliphatic rings. The van der Waals surface area contributed by atoms with E-state index in [-0.39, 0.29) is 136 Å². The van der Waals surface area contributed by atoms with Crippen LogP contribution in [-0.2, 0) is 66.7 Å². The van der Waals surface area contributed by atoms with E-state index < -0.39 is 165 Å².